The second kappa shape index (κ2) is 7.77. The van der Waals surface area contributed by atoms with Crippen LogP contribution < -0.4 is 5.32 Å². The first kappa shape index (κ1) is 16.3. The van der Waals surface area contributed by atoms with Gasteiger partial charge in [-0.1, -0.05) is 72.2 Å². The fraction of sp³-hybridized carbons (Fsp3) is 0.368. The predicted octanol–water partition coefficient (Wildman–Crippen LogP) is 5.89. The number of halogens is 1. The standard InChI is InChI=1S/C19H24BrN/c1-14(2)13-19(17-7-5-4-6-8-17)21-15(3)16-9-11-18(20)12-10-16/h4-12,14-15,19,21H,13H2,1-3H3/t15-,19?/m0/s1. The predicted molar refractivity (Wildman–Crippen MR) is 94.3 cm³/mol. The molecule has 21 heavy (non-hydrogen) atoms. The van der Waals surface area contributed by atoms with Crippen LogP contribution in [0.15, 0.2) is 59.1 Å². The summed E-state index contributed by atoms with van der Waals surface area (Å²) in [5, 5.41) is 3.79. The molecule has 0 saturated heterocycles. The summed E-state index contributed by atoms with van der Waals surface area (Å²) < 4.78 is 1.13. The van der Waals surface area contributed by atoms with Crippen LogP contribution in [0.3, 0.4) is 0 Å². The van der Waals surface area contributed by atoms with Crippen molar-refractivity contribution in [3.63, 3.8) is 0 Å². The maximum atomic E-state index is 3.79. The molecule has 1 unspecified atom stereocenters. The van der Waals surface area contributed by atoms with Gasteiger partial charge in [0.15, 0.2) is 0 Å². The van der Waals surface area contributed by atoms with Crippen molar-refractivity contribution in [1.82, 2.24) is 5.32 Å². The molecular formula is C19H24BrN. The van der Waals surface area contributed by atoms with E-state index in [1.165, 1.54) is 11.1 Å². The van der Waals surface area contributed by atoms with Gasteiger partial charge in [0, 0.05) is 16.6 Å². The van der Waals surface area contributed by atoms with Crippen molar-refractivity contribution in [2.24, 2.45) is 5.92 Å². The Bertz CT molecular complexity index is 533. The number of rotatable bonds is 6. The topological polar surface area (TPSA) is 12.0 Å². The minimum atomic E-state index is 0.335. The Labute approximate surface area is 136 Å². The van der Waals surface area contributed by atoms with Crippen molar-refractivity contribution in [2.75, 3.05) is 0 Å². The first-order chi connectivity index (χ1) is 10.1. The SMILES string of the molecule is CC(C)CC(N[C@@H](C)c1ccc(Br)cc1)c1ccccc1. The first-order valence-corrected chi connectivity index (χ1v) is 8.42. The molecule has 2 atom stereocenters. The fourth-order valence-electron chi connectivity index (χ4n) is 2.61. The van der Waals surface area contributed by atoms with Crippen molar-refractivity contribution in [1.29, 1.82) is 0 Å². The minimum absolute atomic E-state index is 0.335. The Kier molecular flexibility index (Phi) is 6.01. The van der Waals surface area contributed by atoms with E-state index in [-0.39, 0.29) is 0 Å². The van der Waals surface area contributed by atoms with Crippen LogP contribution in [0, 0.1) is 5.92 Å². The summed E-state index contributed by atoms with van der Waals surface area (Å²) in [7, 11) is 0. The maximum absolute atomic E-state index is 3.79. The first-order valence-electron chi connectivity index (χ1n) is 7.62. The van der Waals surface area contributed by atoms with Gasteiger partial charge in [-0.25, -0.2) is 0 Å². The number of benzene rings is 2. The maximum Gasteiger partial charge on any atom is 0.0328 e. The summed E-state index contributed by atoms with van der Waals surface area (Å²) in [5.41, 5.74) is 2.69. The molecule has 0 aliphatic heterocycles. The molecule has 0 bridgehead atoms. The number of hydrogen-bond donors (Lipinski definition) is 1. The molecular weight excluding hydrogens is 322 g/mol. The average Bonchev–Trinajstić information content (AvgIpc) is 2.47. The summed E-state index contributed by atoms with van der Waals surface area (Å²) in [6.07, 6.45) is 1.14. The largest absolute Gasteiger partial charge is 0.303 e. The van der Waals surface area contributed by atoms with Gasteiger partial charge in [0.1, 0.15) is 0 Å². The van der Waals surface area contributed by atoms with Crippen LogP contribution in [-0.4, -0.2) is 0 Å². The molecule has 1 N–H and O–H groups in total. The monoisotopic (exact) mass is 345 g/mol. The molecule has 0 fully saturated rings. The normalized spacial score (nSPS) is 14.1. The van der Waals surface area contributed by atoms with Gasteiger partial charge in [-0.3, -0.25) is 0 Å². The zero-order chi connectivity index (χ0) is 15.2. The summed E-state index contributed by atoms with van der Waals surface area (Å²) in [5.74, 6) is 0.667. The van der Waals surface area contributed by atoms with Crippen LogP contribution in [0.4, 0.5) is 0 Å². The third-order valence-electron chi connectivity index (χ3n) is 3.73. The summed E-state index contributed by atoms with van der Waals surface area (Å²) in [4.78, 5) is 0. The van der Waals surface area contributed by atoms with Crippen molar-refractivity contribution in [3.8, 4) is 0 Å². The van der Waals surface area contributed by atoms with Crippen molar-refractivity contribution in [2.45, 2.75) is 39.3 Å². The van der Waals surface area contributed by atoms with E-state index < -0.39 is 0 Å². The highest BCUT2D eigenvalue weighted by Gasteiger charge is 2.16. The lowest BCUT2D eigenvalue weighted by molar-refractivity contribution is 0.394. The van der Waals surface area contributed by atoms with E-state index in [0.29, 0.717) is 18.0 Å². The molecule has 2 rings (SSSR count). The van der Waals surface area contributed by atoms with Crippen LogP contribution in [0.25, 0.3) is 0 Å². The van der Waals surface area contributed by atoms with Crippen molar-refractivity contribution >= 4 is 15.9 Å². The zero-order valence-corrected chi connectivity index (χ0v) is 14.6. The Hall–Kier alpha value is -1.12. The van der Waals surface area contributed by atoms with Crippen LogP contribution in [0.2, 0.25) is 0 Å². The Morgan fingerprint density at radius 2 is 1.48 bits per heavy atom. The van der Waals surface area contributed by atoms with E-state index in [1.54, 1.807) is 0 Å². The molecule has 0 heterocycles. The molecule has 112 valence electrons. The van der Waals surface area contributed by atoms with Gasteiger partial charge >= 0.3 is 0 Å². The summed E-state index contributed by atoms with van der Waals surface area (Å²) in [6.45, 7) is 6.79. The molecule has 2 aromatic rings. The van der Waals surface area contributed by atoms with E-state index in [4.69, 9.17) is 0 Å². The third-order valence-corrected chi connectivity index (χ3v) is 4.26. The van der Waals surface area contributed by atoms with Gasteiger partial charge in [0.25, 0.3) is 0 Å². The lowest BCUT2D eigenvalue weighted by atomic mass is 9.95. The highest BCUT2D eigenvalue weighted by atomic mass is 79.9. The van der Waals surface area contributed by atoms with Crippen LogP contribution in [-0.2, 0) is 0 Å². The molecule has 0 aliphatic rings. The second-order valence-electron chi connectivity index (χ2n) is 6.03. The van der Waals surface area contributed by atoms with Crippen molar-refractivity contribution in [3.05, 3.63) is 70.2 Å². The van der Waals surface area contributed by atoms with E-state index in [9.17, 15) is 0 Å². The minimum Gasteiger partial charge on any atom is -0.303 e. The van der Waals surface area contributed by atoms with Gasteiger partial charge in [-0.15, -0.1) is 0 Å². The van der Waals surface area contributed by atoms with Gasteiger partial charge in [0.05, 0.1) is 0 Å². The molecule has 1 nitrogen and oxygen atoms in total. The average molecular weight is 346 g/mol. The van der Waals surface area contributed by atoms with E-state index >= 15 is 0 Å². The molecule has 0 aromatic heterocycles. The van der Waals surface area contributed by atoms with Gasteiger partial charge in [-0.05, 0) is 42.5 Å². The van der Waals surface area contributed by atoms with Crippen LogP contribution in [0.5, 0.6) is 0 Å². The van der Waals surface area contributed by atoms with Gasteiger partial charge in [-0.2, -0.15) is 0 Å². The number of hydrogen-bond acceptors (Lipinski definition) is 1. The highest BCUT2D eigenvalue weighted by molar-refractivity contribution is 9.10. The van der Waals surface area contributed by atoms with E-state index in [1.807, 2.05) is 0 Å². The van der Waals surface area contributed by atoms with E-state index in [2.05, 4.69) is 96.6 Å². The second-order valence-corrected chi connectivity index (χ2v) is 6.95. The third kappa shape index (κ3) is 4.98. The molecule has 0 amide bonds. The highest BCUT2D eigenvalue weighted by Crippen LogP contribution is 2.25. The Morgan fingerprint density at radius 3 is 2.05 bits per heavy atom. The molecule has 0 radical (unpaired) electrons. The summed E-state index contributed by atoms with van der Waals surface area (Å²) >= 11 is 3.49. The lowest BCUT2D eigenvalue weighted by Gasteiger charge is -2.25. The lowest BCUT2D eigenvalue weighted by Crippen LogP contribution is -2.26. The molecule has 2 aromatic carbocycles. The summed E-state index contributed by atoms with van der Waals surface area (Å²) in [6, 6.07) is 20.0. The van der Waals surface area contributed by atoms with Gasteiger partial charge < -0.3 is 5.32 Å². The number of nitrogens with one attached hydrogen (secondary N) is 1. The van der Waals surface area contributed by atoms with Crippen molar-refractivity contribution < 1.29 is 0 Å². The molecule has 2 heteroatoms. The molecule has 0 saturated carbocycles. The van der Waals surface area contributed by atoms with Gasteiger partial charge in [0.2, 0.25) is 0 Å². The molecule has 0 spiro atoms. The van der Waals surface area contributed by atoms with Crippen LogP contribution >= 0.6 is 15.9 Å². The zero-order valence-electron chi connectivity index (χ0n) is 13.0. The smallest absolute Gasteiger partial charge is 0.0328 e. The Morgan fingerprint density at radius 1 is 0.857 bits per heavy atom. The quantitative estimate of drug-likeness (QED) is 0.688. The van der Waals surface area contributed by atoms with Crippen LogP contribution in [0.1, 0.15) is 50.4 Å². The Balaban J connectivity index is 2.13. The van der Waals surface area contributed by atoms with E-state index in [0.717, 1.165) is 10.9 Å². The fourth-order valence-corrected chi connectivity index (χ4v) is 2.87. The molecule has 0 aliphatic carbocycles.